The second-order valence-electron chi connectivity index (χ2n) is 7.04. The summed E-state index contributed by atoms with van der Waals surface area (Å²) in [6, 6.07) is 15.7. The van der Waals surface area contributed by atoms with Crippen molar-refractivity contribution in [2.75, 3.05) is 26.7 Å². The summed E-state index contributed by atoms with van der Waals surface area (Å²) < 4.78 is 11.3. The lowest BCUT2D eigenvalue weighted by Gasteiger charge is -2.37. The summed E-state index contributed by atoms with van der Waals surface area (Å²) in [5.74, 6) is 1.74. The molecular weight excluding hydrogens is 340 g/mol. The predicted octanol–water partition coefficient (Wildman–Crippen LogP) is 3.20. The van der Waals surface area contributed by atoms with Gasteiger partial charge in [-0.25, -0.2) is 0 Å². The van der Waals surface area contributed by atoms with E-state index in [9.17, 15) is 4.79 Å². The van der Waals surface area contributed by atoms with Gasteiger partial charge in [0.15, 0.2) is 0 Å². The van der Waals surface area contributed by atoms with Crippen LogP contribution in [0.2, 0.25) is 0 Å². The second-order valence-corrected chi connectivity index (χ2v) is 7.04. The van der Waals surface area contributed by atoms with E-state index in [2.05, 4.69) is 5.32 Å². The van der Waals surface area contributed by atoms with Gasteiger partial charge < -0.3 is 19.7 Å². The van der Waals surface area contributed by atoms with Crippen LogP contribution in [0.5, 0.6) is 11.5 Å². The Labute approximate surface area is 161 Å². The van der Waals surface area contributed by atoms with Crippen molar-refractivity contribution in [3.8, 4) is 11.5 Å². The number of carbonyl (C=O) groups is 1. The first-order chi connectivity index (χ1) is 13.1. The van der Waals surface area contributed by atoms with Crippen LogP contribution in [-0.2, 0) is 11.2 Å². The molecule has 0 spiro atoms. The van der Waals surface area contributed by atoms with Crippen molar-refractivity contribution < 1.29 is 14.3 Å². The van der Waals surface area contributed by atoms with Crippen LogP contribution in [0.1, 0.15) is 31.0 Å². The maximum absolute atomic E-state index is 13.1. The second kappa shape index (κ2) is 8.91. The van der Waals surface area contributed by atoms with Crippen LogP contribution >= 0.6 is 0 Å². The number of piperazine rings is 1. The molecule has 1 heterocycles. The molecule has 5 heteroatoms. The summed E-state index contributed by atoms with van der Waals surface area (Å²) in [4.78, 5) is 15.1. The van der Waals surface area contributed by atoms with Gasteiger partial charge in [-0.05, 0) is 37.6 Å². The Morgan fingerprint density at radius 2 is 2.04 bits per heavy atom. The van der Waals surface area contributed by atoms with Gasteiger partial charge in [-0.3, -0.25) is 4.79 Å². The van der Waals surface area contributed by atoms with Crippen LogP contribution in [0.15, 0.2) is 48.5 Å². The van der Waals surface area contributed by atoms with Gasteiger partial charge in [-0.2, -0.15) is 0 Å². The van der Waals surface area contributed by atoms with Crippen LogP contribution in [0.25, 0.3) is 0 Å². The molecule has 2 aromatic carbocycles. The van der Waals surface area contributed by atoms with Gasteiger partial charge in [0.25, 0.3) is 0 Å². The van der Waals surface area contributed by atoms with E-state index in [1.54, 1.807) is 7.11 Å². The molecule has 1 unspecified atom stereocenters. The Morgan fingerprint density at radius 3 is 2.81 bits per heavy atom. The largest absolute Gasteiger partial charge is 0.496 e. The molecule has 0 bridgehead atoms. The number of amides is 1. The Kier molecular flexibility index (Phi) is 6.35. The van der Waals surface area contributed by atoms with Gasteiger partial charge in [-0.1, -0.05) is 30.3 Å². The number of carbonyl (C=O) groups excluding carboxylic acids is 1. The molecule has 1 amide bonds. The molecule has 0 saturated carbocycles. The van der Waals surface area contributed by atoms with E-state index >= 15 is 0 Å². The molecule has 1 atom stereocenters. The minimum absolute atomic E-state index is 0.0301. The van der Waals surface area contributed by atoms with Crippen LogP contribution in [0.4, 0.5) is 0 Å². The van der Waals surface area contributed by atoms with E-state index in [0.717, 1.165) is 35.7 Å². The summed E-state index contributed by atoms with van der Waals surface area (Å²) in [6.07, 6.45) is 0.472. The van der Waals surface area contributed by atoms with E-state index in [4.69, 9.17) is 9.47 Å². The van der Waals surface area contributed by atoms with Gasteiger partial charge in [0.2, 0.25) is 5.91 Å². The Bertz CT molecular complexity index is 776. The fourth-order valence-electron chi connectivity index (χ4n) is 3.50. The van der Waals surface area contributed by atoms with Crippen molar-refractivity contribution in [2.45, 2.75) is 32.4 Å². The average molecular weight is 368 g/mol. The Hall–Kier alpha value is -2.53. The summed E-state index contributed by atoms with van der Waals surface area (Å²) in [5.41, 5.74) is 2.01. The average Bonchev–Trinajstić information content (AvgIpc) is 2.67. The van der Waals surface area contributed by atoms with E-state index in [0.29, 0.717) is 13.0 Å². The lowest BCUT2D eigenvalue weighted by Crippen LogP contribution is -2.49. The first-order valence-electron chi connectivity index (χ1n) is 9.47. The summed E-state index contributed by atoms with van der Waals surface area (Å²) in [5, 5.41) is 3.39. The zero-order valence-corrected chi connectivity index (χ0v) is 16.3. The van der Waals surface area contributed by atoms with E-state index in [-0.39, 0.29) is 18.1 Å². The third kappa shape index (κ3) is 4.80. The molecule has 1 N–H and O–H groups in total. The van der Waals surface area contributed by atoms with Crippen LogP contribution in [0.3, 0.4) is 0 Å². The summed E-state index contributed by atoms with van der Waals surface area (Å²) >= 11 is 0. The zero-order valence-electron chi connectivity index (χ0n) is 16.3. The van der Waals surface area contributed by atoms with Gasteiger partial charge in [0.1, 0.15) is 11.5 Å². The van der Waals surface area contributed by atoms with E-state index in [1.807, 2.05) is 67.3 Å². The molecule has 5 nitrogen and oxygen atoms in total. The Balaban J connectivity index is 1.78. The standard InChI is InChI=1S/C22H28N2O3/c1-16(2)27-18-8-6-7-17(13-18)14-22(25)24-12-11-23-15-20(24)19-9-4-5-10-21(19)26-3/h4-10,13,16,20,23H,11-12,14-15H2,1-3H3. The highest BCUT2D eigenvalue weighted by Crippen LogP contribution is 2.30. The van der Waals surface area contributed by atoms with Gasteiger partial charge in [0, 0.05) is 25.2 Å². The van der Waals surface area contributed by atoms with Crippen molar-refractivity contribution in [2.24, 2.45) is 0 Å². The predicted molar refractivity (Wildman–Crippen MR) is 106 cm³/mol. The number of rotatable bonds is 6. The number of methoxy groups -OCH3 is 1. The molecule has 1 fully saturated rings. The number of nitrogens with one attached hydrogen (secondary N) is 1. The first-order valence-corrected chi connectivity index (χ1v) is 9.47. The zero-order chi connectivity index (χ0) is 19.2. The van der Waals surface area contributed by atoms with Gasteiger partial charge in [-0.15, -0.1) is 0 Å². The maximum Gasteiger partial charge on any atom is 0.227 e. The minimum Gasteiger partial charge on any atom is -0.496 e. The molecule has 1 aliphatic rings. The number of hydrogen-bond acceptors (Lipinski definition) is 4. The SMILES string of the molecule is COc1ccccc1C1CNCCN1C(=O)Cc1cccc(OC(C)C)c1. The molecule has 144 valence electrons. The summed E-state index contributed by atoms with van der Waals surface area (Å²) in [6.45, 7) is 6.20. The molecule has 0 aliphatic carbocycles. The van der Waals surface area contributed by atoms with Gasteiger partial charge >= 0.3 is 0 Å². The minimum atomic E-state index is -0.0301. The smallest absolute Gasteiger partial charge is 0.227 e. The van der Waals surface area contributed by atoms with Crippen molar-refractivity contribution >= 4 is 5.91 Å². The summed E-state index contributed by atoms with van der Waals surface area (Å²) in [7, 11) is 1.67. The third-order valence-corrected chi connectivity index (χ3v) is 4.69. The first kappa shape index (κ1) is 19.2. The molecule has 1 aliphatic heterocycles. The monoisotopic (exact) mass is 368 g/mol. The molecule has 0 aromatic heterocycles. The maximum atomic E-state index is 13.1. The van der Waals surface area contributed by atoms with Crippen molar-refractivity contribution in [3.63, 3.8) is 0 Å². The van der Waals surface area contributed by atoms with Crippen LogP contribution < -0.4 is 14.8 Å². The highest BCUT2D eigenvalue weighted by atomic mass is 16.5. The molecule has 2 aromatic rings. The highest BCUT2D eigenvalue weighted by molar-refractivity contribution is 5.79. The molecule has 3 rings (SSSR count). The van der Waals surface area contributed by atoms with Crippen LogP contribution in [0, 0.1) is 0 Å². The normalized spacial score (nSPS) is 17.0. The van der Waals surface area contributed by atoms with Crippen molar-refractivity contribution in [1.82, 2.24) is 10.2 Å². The molecule has 27 heavy (non-hydrogen) atoms. The number of para-hydroxylation sites is 1. The molecule has 1 saturated heterocycles. The topological polar surface area (TPSA) is 50.8 Å². The van der Waals surface area contributed by atoms with E-state index in [1.165, 1.54) is 0 Å². The molecular formula is C22H28N2O3. The number of nitrogens with zero attached hydrogens (tertiary/aromatic N) is 1. The fraction of sp³-hybridized carbons (Fsp3) is 0.409. The van der Waals surface area contributed by atoms with Crippen LogP contribution in [-0.4, -0.2) is 43.7 Å². The lowest BCUT2D eigenvalue weighted by atomic mass is 10.0. The third-order valence-electron chi connectivity index (χ3n) is 4.69. The number of benzene rings is 2. The van der Waals surface area contributed by atoms with Crippen molar-refractivity contribution in [3.05, 3.63) is 59.7 Å². The van der Waals surface area contributed by atoms with Crippen molar-refractivity contribution in [1.29, 1.82) is 0 Å². The molecule has 0 radical (unpaired) electrons. The number of hydrogen-bond donors (Lipinski definition) is 1. The fourth-order valence-corrected chi connectivity index (χ4v) is 3.50. The quantitative estimate of drug-likeness (QED) is 0.851. The van der Waals surface area contributed by atoms with Gasteiger partial charge in [0.05, 0.1) is 25.7 Å². The van der Waals surface area contributed by atoms with E-state index < -0.39 is 0 Å². The highest BCUT2D eigenvalue weighted by Gasteiger charge is 2.29. The lowest BCUT2D eigenvalue weighted by molar-refractivity contribution is -0.133. The Morgan fingerprint density at radius 1 is 1.22 bits per heavy atom. The number of ether oxygens (including phenoxy) is 2.